The van der Waals surface area contributed by atoms with Gasteiger partial charge < -0.3 is 10.1 Å². The molecule has 0 spiro atoms. The highest BCUT2D eigenvalue weighted by Crippen LogP contribution is 2.27. The molecule has 1 aromatic carbocycles. The maximum Gasteiger partial charge on any atom is 0.148 e. The molecule has 0 saturated carbocycles. The van der Waals surface area contributed by atoms with E-state index in [0.717, 1.165) is 24.9 Å². The largest absolute Gasteiger partial charge is 0.493 e. The van der Waals surface area contributed by atoms with E-state index < -0.39 is 0 Å². The summed E-state index contributed by atoms with van der Waals surface area (Å²) in [5.74, 6) is 1.66. The standard InChI is InChI=1S/C17H26BN2O/c1-13-9-14(11-20(13)16-7-8-19-10-16)12-21-17-5-3-15(18-2)4-6-17/h3-6,13-14,16,19H,7-12H2,1-2H3. The van der Waals surface area contributed by atoms with Crippen molar-refractivity contribution in [2.45, 2.75) is 38.7 Å². The predicted molar refractivity (Wildman–Crippen MR) is 88.7 cm³/mol. The minimum Gasteiger partial charge on any atom is -0.493 e. The molecule has 2 aliphatic rings. The molecule has 3 rings (SSSR count). The van der Waals surface area contributed by atoms with Gasteiger partial charge in [0.2, 0.25) is 0 Å². The first-order valence-corrected chi connectivity index (χ1v) is 8.25. The van der Waals surface area contributed by atoms with Gasteiger partial charge in [0, 0.05) is 31.1 Å². The average Bonchev–Trinajstić information content (AvgIpc) is 3.15. The maximum absolute atomic E-state index is 5.99. The van der Waals surface area contributed by atoms with E-state index >= 15 is 0 Å². The van der Waals surface area contributed by atoms with Crippen LogP contribution < -0.4 is 15.5 Å². The fraction of sp³-hybridized carbons (Fsp3) is 0.647. The molecule has 1 N–H and O–H groups in total. The normalized spacial score (nSPS) is 29.7. The molecule has 3 unspecified atom stereocenters. The summed E-state index contributed by atoms with van der Waals surface area (Å²) in [6.45, 7) is 8.79. The molecule has 0 amide bonds. The number of hydrogen-bond donors (Lipinski definition) is 1. The van der Waals surface area contributed by atoms with Crippen LogP contribution >= 0.6 is 0 Å². The summed E-state index contributed by atoms with van der Waals surface area (Å²) in [5, 5.41) is 3.48. The van der Waals surface area contributed by atoms with Gasteiger partial charge in [0.05, 0.1) is 6.61 Å². The molecule has 2 heterocycles. The van der Waals surface area contributed by atoms with E-state index in [1.54, 1.807) is 0 Å². The molecule has 1 radical (unpaired) electrons. The van der Waals surface area contributed by atoms with Crippen LogP contribution in [0.4, 0.5) is 0 Å². The van der Waals surface area contributed by atoms with Crippen LogP contribution in [0.5, 0.6) is 5.75 Å². The molecular weight excluding hydrogens is 259 g/mol. The molecule has 3 atom stereocenters. The van der Waals surface area contributed by atoms with Gasteiger partial charge in [0.15, 0.2) is 0 Å². The summed E-state index contributed by atoms with van der Waals surface area (Å²) < 4.78 is 5.99. The third kappa shape index (κ3) is 3.61. The fourth-order valence-electron chi connectivity index (χ4n) is 3.69. The van der Waals surface area contributed by atoms with Crippen molar-refractivity contribution in [3.63, 3.8) is 0 Å². The van der Waals surface area contributed by atoms with Gasteiger partial charge in [0.25, 0.3) is 0 Å². The zero-order valence-electron chi connectivity index (χ0n) is 13.2. The van der Waals surface area contributed by atoms with E-state index in [0.29, 0.717) is 12.0 Å². The zero-order chi connectivity index (χ0) is 14.7. The second-order valence-corrected chi connectivity index (χ2v) is 6.46. The maximum atomic E-state index is 5.99. The fourth-order valence-corrected chi connectivity index (χ4v) is 3.69. The number of nitrogens with zero attached hydrogens (tertiary/aromatic N) is 1. The third-order valence-corrected chi connectivity index (χ3v) is 4.91. The van der Waals surface area contributed by atoms with Crippen LogP contribution in [0, 0.1) is 5.92 Å². The lowest BCUT2D eigenvalue weighted by Crippen LogP contribution is -2.39. The second kappa shape index (κ2) is 6.84. The summed E-state index contributed by atoms with van der Waals surface area (Å²) >= 11 is 0. The average molecular weight is 285 g/mol. The molecule has 2 saturated heterocycles. The number of benzene rings is 1. The number of likely N-dealkylation sites (tertiary alicyclic amines) is 1. The van der Waals surface area contributed by atoms with E-state index in [1.807, 2.05) is 0 Å². The molecule has 1 aromatic rings. The quantitative estimate of drug-likeness (QED) is 0.830. The predicted octanol–water partition coefficient (Wildman–Crippen LogP) is 1.52. The van der Waals surface area contributed by atoms with Crippen molar-refractivity contribution in [3.05, 3.63) is 24.3 Å². The van der Waals surface area contributed by atoms with Crippen molar-refractivity contribution in [1.29, 1.82) is 0 Å². The molecular formula is C17H26BN2O. The minimum absolute atomic E-state index is 0.665. The molecule has 113 valence electrons. The van der Waals surface area contributed by atoms with Crippen molar-refractivity contribution < 1.29 is 4.74 Å². The smallest absolute Gasteiger partial charge is 0.148 e. The van der Waals surface area contributed by atoms with Crippen LogP contribution in [-0.2, 0) is 0 Å². The second-order valence-electron chi connectivity index (χ2n) is 6.46. The summed E-state index contributed by atoms with van der Waals surface area (Å²) in [7, 11) is 2.11. The SMILES string of the molecule is C[B]c1ccc(OCC2CC(C)N(C3CCNC3)C2)cc1. The van der Waals surface area contributed by atoms with Gasteiger partial charge in [-0.3, -0.25) is 4.90 Å². The lowest BCUT2D eigenvalue weighted by atomic mass is 9.73. The summed E-state index contributed by atoms with van der Waals surface area (Å²) in [5.41, 5.74) is 1.25. The Kier molecular flexibility index (Phi) is 4.86. The van der Waals surface area contributed by atoms with Crippen molar-refractivity contribution in [3.8, 4) is 5.75 Å². The first kappa shape index (κ1) is 14.9. The molecule has 0 bridgehead atoms. The van der Waals surface area contributed by atoms with Crippen molar-refractivity contribution >= 4 is 12.7 Å². The molecule has 0 aromatic heterocycles. The number of rotatable bonds is 5. The van der Waals surface area contributed by atoms with E-state index in [1.165, 1.54) is 31.4 Å². The van der Waals surface area contributed by atoms with Crippen LogP contribution in [0.15, 0.2) is 24.3 Å². The zero-order valence-corrected chi connectivity index (χ0v) is 13.2. The number of hydrogen-bond acceptors (Lipinski definition) is 3. The van der Waals surface area contributed by atoms with E-state index in [2.05, 4.69) is 55.5 Å². The van der Waals surface area contributed by atoms with Gasteiger partial charge >= 0.3 is 0 Å². The van der Waals surface area contributed by atoms with Gasteiger partial charge in [-0.05, 0) is 38.4 Å². The minimum atomic E-state index is 0.665. The molecule has 2 aliphatic heterocycles. The lowest BCUT2D eigenvalue weighted by Gasteiger charge is -2.27. The molecule has 0 aliphatic carbocycles. The first-order chi connectivity index (χ1) is 10.3. The molecule has 21 heavy (non-hydrogen) atoms. The Morgan fingerprint density at radius 3 is 2.81 bits per heavy atom. The van der Waals surface area contributed by atoms with Gasteiger partial charge in [0.1, 0.15) is 13.0 Å². The molecule has 3 nitrogen and oxygen atoms in total. The highest BCUT2D eigenvalue weighted by atomic mass is 16.5. The molecule has 4 heteroatoms. The lowest BCUT2D eigenvalue weighted by molar-refractivity contribution is 0.188. The highest BCUT2D eigenvalue weighted by molar-refractivity contribution is 6.51. The first-order valence-electron chi connectivity index (χ1n) is 8.25. The Morgan fingerprint density at radius 2 is 2.14 bits per heavy atom. The Hall–Kier alpha value is -0.995. The van der Waals surface area contributed by atoms with Crippen LogP contribution in [0.25, 0.3) is 0 Å². The Balaban J connectivity index is 1.49. The highest BCUT2D eigenvalue weighted by Gasteiger charge is 2.35. The van der Waals surface area contributed by atoms with Crippen molar-refractivity contribution in [1.82, 2.24) is 10.2 Å². The number of ether oxygens (including phenoxy) is 1. The van der Waals surface area contributed by atoms with E-state index in [-0.39, 0.29) is 0 Å². The van der Waals surface area contributed by atoms with Crippen LogP contribution in [0.1, 0.15) is 19.8 Å². The van der Waals surface area contributed by atoms with Crippen LogP contribution in [0.2, 0.25) is 6.82 Å². The van der Waals surface area contributed by atoms with Crippen LogP contribution in [-0.4, -0.2) is 50.5 Å². The van der Waals surface area contributed by atoms with Crippen molar-refractivity contribution in [2.75, 3.05) is 26.2 Å². The summed E-state index contributed by atoms with van der Waals surface area (Å²) in [6.07, 6.45) is 2.56. The van der Waals surface area contributed by atoms with E-state index in [9.17, 15) is 0 Å². The van der Waals surface area contributed by atoms with Crippen LogP contribution in [0.3, 0.4) is 0 Å². The number of nitrogens with one attached hydrogen (secondary N) is 1. The van der Waals surface area contributed by atoms with Gasteiger partial charge in [-0.15, -0.1) is 0 Å². The Labute approximate surface area is 129 Å². The van der Waals surface area contributed by atoms with Gasteiger partial charge in [-0.1, -0.05) is 24.4 Å². The Bertz CT molecular complexity index is 445. The van der Waals surface area contributed by atoms with Gasteiger partial charge in [-0.25, -0.2) is 0 Å². The van der Waals surface area contributed by atoms with E-state index in [4.69, 9.17) is 4.74 Å². The molecule has 2 fully saturated rings. The third-order valence-electron chi connectivity index (χ3n) is 4.91. The summed E-state index contributed by atoms with van der Waals surface area (Å²) in [6, 6.07) is 9.82. The van der Waals surface area contributed by atoms with Crippen molar-refractivity contribution in [2.24, 2.45) is 5.92 Å². The Morgan fingerprint density at radius 1 is 1.33 bits per heavy atom. The topological polar surface area (TPSA) is 24.5 Å². The summed E-state index contributed by atoms with van der Waals surface area (Å²) in [4.78, 5) is 2.68. The van der Waals surface area contributed by atoms with Gasteiger partial charge in [-0.2, -0.15) is 0 Å². The monoisotopic (exact) mass is 285 g/mol.